The zero-order chi connectivity index (χ0) is 63.3. The molecule has 0 unspecified atom stereocenters. The molecule has 0 saturated heterocycles. The van der Waals surface area contributed by atoms with Crippen LogP contribution in [0.15, 0.2) is 394 Å². The highest BCUT2D eigenvalue weighted by Gasteiger charge is 2.18. The molecule has 0 N–H and O–H groups in total. The predicted octanol–water partition coefficient (Wildman–Crippen LogP) is 25.7. The highest BCUT2D eigenvalue weighted by atomic mass is 15.1. The van der Waals surface area contributed by atoms with Crippen molar-refractivity contribution in [3.63, 3.8) is 0 Å². The van der Waals surface area contributed by atoms with E-state index in [0.717, 1.165) is 39.8 Å². The Labute approximate surface area is 555 Å². The van der Waals surface area contributed by atoms with Crippen molar-refractivity contribution in [2.45, 2.75) is 0 Å². The third-order valence-electron chi connectivity index (χ3n) is 18.3. The molecule has 0 aliphatic heterocycles. The van der Waals surface area contributed by atoms with Gasteiger partial charge < -0.3 is 14.4 Å². The molecule has 0 fully saturated rings. The van der Waals surface area contributed by atoms with E-state index >= 15 is 0 Å². The highest BCUT2D eigenvalue weighted by molar-refractivity contribution is 6.14. The minimum Gasteiger partial charge on any atom is -0.311 e. The van der Waals surface area contributed by atoms with Crippen molar-refractivity contribution in [2.75, 3.05) is 9.80 Å². The summed E-state index contributed by atoms with van der Waals surface area (Å²) in [6.07, 6.45) is 0. The van der Waals surface area contributed by atoms with Crippen LogP contribution in [0.3, 0.4) is 0 Å². The second-order valence-corrected chi connectivity index (χ2v) is 24.0. The Kier molecular flexibility index (Phi) is 15.7. The Bertz CT molecular complexity index is 5220. The Morgan fingerprint density at radius 3 is 0.747 bits per heavy atom. The van der Waals surface area contributed by atoms with Gasteiger partial charge in [-0.05, 0) is 191 Å². The predicted molar refractivity (Wildman–Crippen MR) is 404 cm³/mol. The molecule has 0 aliphatic rings. The van der Waals surface area contributed by atoms with Gasteiger partial charge in [0.1, 0.15) is 0 Å². The van der Waals surface area contributed by atoms with Crippen LogP contribution in [-0.2, 0) is 0 Å². The summed E-state index contributed by atoms with van der Waals surface area (Å²) in [5, 5.41) is 7.65. The number of hydrogen-bond acceptors (Lipinski definition) is 2. The second kappa shape index (κ2) is 26.0. The molecule has 95 heavy (non-hydrogen) atoms. The molecule has 0 saturated carbocycles. The quantitative estimate of drug-likeness (QED) is 0.107. The first-order chi connectivity index (χ1) is 47.1. The standard InChI is InChI=1S/C48H34N2.C44H31N/c1-3-11-35(12-4-1)37-19-27-41(28-20-37)49(42-29-21-38(22-30-42)36-13-5-2-6-14-36)43-31-23-39(24-32-43)40-25-33-44(34-26-40)50-47-17-9-7-15-45(47)46-16-8-10-18-48(46)50;1-3-11-32(12-4-1)34-19-25-38(26-20-34)45(39-27-21-35(22-28-39)33-13-5-2-6-14-33)40-29-23-36(24-30-40)44-31-37-15-7-8-16-41(37)42-17-9-10-18-43(42)44/h1-34H;1-31H. The third kappa shape index (κ3) is 11.7. The van der Waals surface area contributed by atoms with Gasteiger partial charge in [0.15, 0.2) is 0 Å². The lowest BCUT2D eigenvalue weighted by atomic mass is 9.93. The maximum absolute atomic E-state index is 2.36. The van der Waals surface area contributed by atoms with Crippen LogP contribution in [0, 0.1) is 0 Å². The molecular formula is C92H65N3. The van der Waals surface area contributed by atoms with E-state index < -0.39 is 0 Å². The maximum Gasteiger partial charge on any atom is 0.0541 e. The van der Waals surface area contributed by atoms with Gasteiger partial charge in [0.05, 0.1) is 11.0 Å². The number of fused-ring (bicyclic) bond motifs is 6. The molecule has 0 bridgehead atoms. The van der Waals surface area contributed by atoms with E-state index in [1.54, 1.807) is 0 Å². The van der Waals surface area contributed by atoms with E-state index in [9.17, 15) is 0 Å². The van der Waals surface area contributed by atoms with Gasteiger partial charge in [-0.1, -0.05) is 291 Å². The number of benzene rings is 16. The molecule has 1 aromatic heterocycles. The summed E-state index contributed by atoms with van der Waals surface area (Å²) < 4.78 is 2.36. The van der Waals surface area contributed by atoms with Crippen LogP contribution >= 0.6 is 0 Å². The number of rotatable bonds is 13. The first-order valence-corrected chi connectivity index (χ1v) is 32.5. The SMILES string of the molecule is c1ccc(-c2ccc(N(c3ccc(-c4ccccc4)cc3)c3ccc(-c4cc5ccccc5c5ccccc45)cc3)cc2)cc1.c1ccc(-c2ccc(N(c3ccc(-c4ccccc4)cc3)c3ccc(-c4ccc(-n5c6ccccc6c6ccccc65)cc4)cc3)cc2)cc1. The van der Waals surface area contributed by atoms with Gasteiger partial charge in [-0.15, -0.1) is 0 Å². The summed E-state index contributed by atoms with van der Waals surface area (Å²) in [6.45, 7) is 0. The number of nitrogens with zero attached hydrogens (tertiary/aromatic N) is 3. The fraction of sp³-hybridized carbons (Fsp3) is 0. The zero-order valence-corrected chi connectivity index (χ0v) is 52.4. The van der Waals surface area contributed by atoms with E-state index in [-0.39, 0.29) is 0 Å². The van der Waals surface area contributed by atoms with Crippen LogP contribution < -0.4 is 9.80 Å². The van der Waals surface area contributed by atoms with Gasteiger partial charge >= 0.3 is 0 Å². The lowest BCUT2D eigenvalue weighted by Crippen LogP contribution is -2.09. The van der Waals surface area contributed by atoms with Gasteiger partial charge in [-0.25, -0.2) is 0 Å². The Balaban J connectivity index is 0.000000151. The normalized spacial score (nSPS) is 11.2. The van der Waals surface area contributed by atoms with Crippen molar-refractivity contribution < 1.29 is 0 Å². The molecule has 0 aliphatic carbocycles. The summed E-state index contributed by atoms with van der Waals surface area (Å²) in [4.78, 5) is 4.67. The molecule has 1 heterocycles. The molecule has 16 aromatic carbocycles. The van der Waals surface area contributed by atoms with Crippen molar-refractivity contribution >= 4 is 77.5 Å². The lowest BCUT2D eigenvalue weighted by Gasteiger charge is -2.26. The van der Waals surface area contributed by atoms with Crippen molar-refractivity contribution in [1.82, 2.24) is 4.57 Å². The second-order valence-electron chi connectivity index (χ2n) is 24.0. The largest absolute Gasteiger partial charge is 0.311 e. The van der Waals surface area contributed by atoms with Crippen molar-refractivity contribution in [3.8, 4) is 72.4 Å². The number of para-hydroxylation sites is 2. The van der Waals surface area contributed by atoms with E-state index in [0.29, 0.717) is 0 Å². The minimum atomic E-state index is 1.11. The maximum atomic E-state index is 2.36. The zero-order valence-electron chi connectivity index (χ0n) is 52.4. The molecule has 448 valence electrons. The van der Waals surface area contributed by atoms with Crippen LogP contribution in [-0.4, -0.2) is 4.57 Å². The van der Waals surface area contributed by atoms with Gasteiger partial charge in [-0.2, -0.15) is 0 Å². The Hall–Kier alpha value is -12.6. The van der Waals surface area contributed by atoms with E-state index in [1.165, 1.54) is 110 Å². The van der Waals surface area contributed by atoms with Gasteiger partial charge in [0, 0.05) is 50.6 Å². The van der Waals surface area contributed by atoms with Gasteiger partial charge in [0.25, 0.3) is 0 Å². The average molecular weight is 1210 g/mol. The Morgan fingerprint density at radius 1 is 0.168 bits per heavy atom. The number of aromatic nitrogens is 1. The third-order valence-corrected chi connectivity index (χ3v) is 18.3. The molecule has 17 aromatic rings. The van der Waals surface area contributed by atoms with Gasteiger partial charge in [0.2, 0.25) is 0 Å². The smallest absolute Gasteiger partial charge is 0.0541 e. The molecule has 17 rings (SSSR count). The fourth-order valence-electron chi connectivity index (χ4n) is 13.5. The number of anilines is 6. The summed E-state index contributed by atoms with van der Waals surface area (Å²) >= 11 is 0. The summed E-state index contributed by atoms with van der Waals surface area (Å²) in [6, 6.07) is 142. The topological polar surface area (TPSA) is 11.4 Å². The van der Waals surface area contributed by atoms with E-state index in [1.807, 2.05) is 0 Å². The van der Waals surface area contributed by atoms with Crippen molar-refractivity contribution in [3.05, 3.63) is 394 Å². The summed E-state index contributed by atoms with van der Waals surface area (Å²) in [5.74, 6) is 0. The van der Waals surface area contributed by atoms with Crippen LogP contribution in [0.1, 0.15) is 0 Å². The molecule has 3 nitrogen and oxygen atoms in total. The fourth-order valence-corrected chi connectivity index (χ4v) is 13.5. The minimum absolute atomic E-state index is 1.11. The van der Waals surface area contributed by atoms with Crippen LogP contribution in [0.2, 0.25) is 0 Å². The van der Waals surface area contributed by atoms with E-state index in [4.69, 9.17) is 0 Å². The molecule has 0 radical (unpaired) electrons. The summed E-state index contributed by atoms with van der Waals surface area (Å²) in [7, 11) is 0. The molecular weight excluding hydrogens is 1150 g/mol. The molecule has 0 atom stereocenters. The van der Waals surface area contributed by atoms with E-state index in [2.05, 4.69) is 409 Å². The molecule has 0 amide bonds. The molecule has 3 heteroatoms. The number of hydrogen-bond donors (Lipinski definition) is 0. The molecule has 0 spiro atoms. The monoisotopic (exact) mass is 1210 g/mol. The first kappa shape index (κ1) is 57.6. The van der Waals surface area contributed by atoms with Crippen LogP contribution in [0.4, 0.5) is 34.1 Å². The van der Waals surface area contributed by atoms with Crippen LogP contribution in [0.25, 0.3) is 116 Å². The van der Waals surface area contributed by atoms with Crippen molar-refractivity contribution in [1.29, 1.82) is 0 Å². The van der Waals surface area contributed by atoms with Crippen molar-refractivity contribution in [2.24, 2.45) is 0 Å². The first-order valence-electron chi connectivity index (χ1n) is 32.5. The summed E-state index contributed by atoms with van der Waals surface area (Å²) in [5.41, 5.74) is 24.8. The van der Waals surface area contributed by atoms with Gasteiger partial charge in [-0.3, -0.25) is 0 Å². The highest BCUT2D eigenvalue weighted by Crippen LogP contribution is 2.42. The average Bonchev–Trinajstić information content (AvgIpc) is 1.70. The Morgan fingerprint density at radius 2 is 0.411 bits per heavy atom. The van der Waals surface area contributed by atoms with Crippen LogP contribution in [0.5, 0.6) is 0 Å². The lowest BCUT2D eigenvalue weighted by molar-refractivity contribution is 1.18.